The third kappa shape index (κ3) is 2.40. The summed E-state index contributed by atoms with van der Waals surface area (Å²) in [6.45, 7) is 4.08. The number of nitrogens with zero attached hydrogens (tertiary/aromatic N) is 3. The zero-order chi connectivity index (χ0) is 15.0. The standard InChI is InChI=1S/C17H18N4/c1-11-5-4-8-19-17(11)20-16(18)13-6-7-15-14(9-13)12(2)10-21(15)3/h4-10H,1-3H3,(H2,18,19,20). The molecule has 4 nitrogen and oxygen atoms in total. The fourth-order valence-electron chi connectivity index (χ4n) is 2.52. The van der Waals surface area contributed by atoms with Crippen LogP contribution in [-0.2, 0) is 7.05 Å². The Morgan fingerprint density at radius 1 is 1.19 bits per heavy atom. The number of aromatic nitrogens is 2. The Kier molecular flexibility index (Phi) is 3.22. The lowest BCUT2D eigenvalue weighted by Crippen LogP contribution is -2.13. The molecule has 2 aromatic heterocycles. The molecule has 1 aromatic carbocycles. The summed E-state index contributed by atoms with van der Waals surface area (Å²) in [5, 5.41) is 1.20. The molecule has 0 radical (unpaired) electrons. The van der Waals surface area contributed by atoms with E-state index in [0.717, 1.165) is 11.1 Å². The summed E-state index contributed by atoms with van der Waals surface area (Å²) in [4.78, 5) is 8.70. The molecule has 3 aromatic rings. The maximum atomic E-state index is 6.15. The average Bonchev–Trinajstić information content (AvgIpc) is 2.76. The van der Waals surface area contributed by atoms with Crippen LogP contribution in [0.4, 0.5) is 5.82 Å². The molecule has 0 unspecified atom stereocenters. The van der Waals surface area contributed by atoms with E-state index in [1.807, 2.05) is 32.2 Å². The van der Waals surface area contributed by atoms with Gasteiger partial charge in [-0.2, -0.15) is 0 Å². The number of hydrogen-bond donors (Lipinski definition) is 1. The smallest absolute Gasteiger partial charge is 0.157 e. The van der Waals surface area contributed by atoms with Crippen molar-refractivity contribution in [2.24, 2.45) is 17.8 Å². The molecule has 0 aliphatic carbocycles. The molecule has 2 N–H and O–H groups in total. The second kappa shape index (κ2) is 5.05. The number of amidine groups is 1. The van der Waals surface area contributed by atoms with Gasteiger partial charge < -0.3 is 10.3 Å². The molecule has 21 heavy (non-hydrogen) atoms. The molecule has 4 heteroatoms. The van der Waals surface area contributed by atoms with Crippen molar-refractivity contribution >= 4 is 22.6 Å². The quantitative estimate of drug-likeness (QED) is 0.578. The summed E-state index contributed by atoms with van der Waals surface area (Å²) in [5.74, 6) is 1.15. The van der Waals surface area contributed by atoms with Crippen molar-refractivity contribution in [2.75, 3.05) is 0 Å². The van der Waals surface area contributed by atoms with E-state index in [1.165, 1.54) is 16.5 Å². The van der Waals surface area contributed by atoms with Gasteiger partial charge in [-0.15, -0.1) is 0 Å². The minimum atomic E-state index is 0.488. The number of aliphatic imine (C=N–C) groups is 1. The van der Waals surface area contributed by atoms with E-state index in [2.05, 4.69) is 39.8 Å². The highest BCUT2D eigenvalue weighted by atomic mass is 15.0. The van der Waals surface area contributed by atoms with Gasteiger partial charge in [0.1, 0.15) is 5.84 Å². The summed E-state index contributed by atoms with van der Waals surface area (Å²) >= 11 is 0. The Morgan fingerprint density at radius 2 is 2.00 bits per heavy atom. The molecule has 0 atom stereocenters. The third-order valence-electron chi connectivity index (χ3n) is 3.69. The van der Waals surface area contributed by atoms with Gasteiger partial charge >= 0.3 is 0 Å². The molecule has 106 valence electrons. The minimum Gasteiger partial charge on any atom is -0.383 e. The van der Waals surface area contributed by atoms with E-state index in [4.69, 9.17) is 5.73 Å². The number of fused-ring (bicyclic) bond motifs is 1. The Bertz CT molecular complexity index is 843. The van der Waals surface area contributed by atoms with Gasteiger partial charge in [0.05, 0.1) is 0 Å². The Labute approximate surface area is 124 Å². The summed E-state index contributed by atoms with van der Waals surface area (Å²) in [7, 11) is 2.05. The van der Waals surface area contributed by atoms with E-state index < -0.39 is 0 Å². The maximum Gasteiger partial charge on any atom is 0.157 e. The molecule has 3 rings (SSSR count). The fourth-order valence-corrected chi connectivity index (χ4v) is 2.52. The van der Waals surface area contributed by atoms with Crippen molar-refractivity contribution in [1.29, 1.82) is 0 Å². The fraction of sp³-hybridized carbons (Fsp3) is 0.176. The van der Waals surface area contributed by atoms with E-state index in [-0.39, 0.29) is 0 Å². The largest absolute Gasteiger partial charge is 0.383 e. The van der Waals surface area contributed by atoms with Crippen LogP contribution in [0.25, 0.3) is 10.9 Å². The van der Waals surface area contributed by atoms with Crippen molar-refractivity contribution in [2.45, 2.75) is 13.8 Å². The summed E-state index contributed by atoms with van der Waals surface area (Å²) in [5.41, 5.74) is 10.5. The summed E-state index contributed by atoms with van der Waals surface area (Å²) in [6, 6.07) is 10.0. The van der Waals surface area contributed by atoms with Crippen molar-refractivity contribution in [1.82, 2.24) is 9.55 Å². The third-order valence-corrected chi connectivity index (χ3v) is 3.69. The van der Waals surface area contributed by atoms with E-state index in [0.29, 0.717) is 11.7 Å². The second-order valence-electron chi connectivity index (χ2n) is 5.30. The van der Waals surface area contributed by atoms with Crippen LogP contribution in [0, 0.1) is 13.8 Å². The normalized spacial score (nSPS) is 12.0. The number of pyridine rings is 1. The van der Waals surface area contributed by atoms with Gasteiger partial charge in [0, 0.05) is 35.9 Å². The zero-order valence-corrected chi connectivity index (χ0v) is 12.5. The van der Waals surface area contributed by atoms with Crippen molar-refractivity contribution in [3.63, 3.8) is 0 Å². The maximum absolute atomic E-state index is 6.15. The molecule has 0 spiro atoms. The van der Waals surface area contributed by atoms with Gasteiger partial charge in [0.15, 0.2) is 5.82 Å². The van der Waals surface area contributed by atoms with Gasteiger partial charge in [-0.25, -0.2) is 9.98 Å². The predicted molar refractivity (Wildman–Crippen MR) is 87.0 cm³/mol. The lowest BCUT2D eigenvalue weighted by Gasteiger charge is -2.04. The first kappa shape index (κ1) is 13.4. The van der Waals surface area contributed by atoms with Crippen molar-refractivity contribution in [3.05, 3.63) is 59.4 Å². The Hall–Kier alpha value is -2.62. The molecular weight excluding hydrogens is 260 g/mol. The van der Waals surface area contributed by atoms with Gasteiger partial charge in [0.25, 0.3) is 0 Å². The number of hydrogen-bond acceptors (Lipinski definition) is 2. The van der Waals surface area contributed by atoms with Crippen LogP contribution in [0.1, 0.15) is 16.7 Å². The van der Waals surface area contributed by atoms with Gasteiger partial charge in [0.2, 0.25) is 0 Å². The first-order valence-electron chi connectivity index (χ1n) is 6.88. The van der Waals surface area contributed by atoms with Crippen LogP contribution >= 0.6 is 0 Å². The molecule has 0 aliphatic rings. The van der Waals surface area contributed by atoms with Crippen LogP contribution in [0.5, 0.6) is 0 Å². The molecule has 0 aliphatic heterocycles. The highest BCUT2D eigenvalue weighted by Crippen LogP contribution is 2.22. The molecule has 0 saturated heterocycles. The first-order valence-corrected chi connectivity index (χ1v) is 6.88. The summed E-state index contributed by atoms with van der Waals surface area (Å²) < 4.78 is 2.12. The van der Waals surface area contributed by atoms with Gasteiger partial charge in [-0.3, -0.25) is 0 Å². The zero-order valence-electron chi connectivity index (χ0n) is 12.5. The lowest BCUT2D eigenvalue weighted by atomic mass is 10.1. The van der Waals surface area contributed by atoms with Gasteiger partial charge in [-0.1, -0.05) is 6.07 Å². The highest BCUT2D eigenvalue weighted by Gasteiger charge is 2.07. The molecular formula is C17H18N4. The number of rotatable bonds is 2. The summed E-state index contributed by atoms with van der Waals surface area (Å²) in [6.07, 6.45) is 3.84. The first-order chi connectivity index (χ1) is 10.1. The molecule has 0 saturated carbocycles. The molecule has 0 amide bonds. The van der Waals surface area contributed by atoms with Crippen molar-refractivity contribution < 1.29 is 0 Å². The Balaban J connectivity index is 2.08. The van der Waals surface area contributed by atoms with Crippen LogP contribution in [0.2, 0.25) is 0 Å². The van der Waals surface area contributed by atoms with E-state index in [9.17, 15) is 0 Å². The molecule has 0 fully saturated rings. The van der Waals surface area contributed by atoms with Crippen molar-refractivity contribution in [3.8, 4) is 0 Å². The van der Waals surface area contributed by atoms with Crippen LogP contribution in [0.15, 0.2) is 47.7 Å². The average molecular weight is 278 g/mol. The van der Waals surface area contributed by atoms with Gasteiger partial charge in [-0.05, 0) is 49.2 Å². The SMILES string of the molecule is Cc1cccnc1/N=C(\N)c1ccc2c(c1)c(C)cn2C. The second-order valence-corrected chi connectivity index (χ2v) is 5.30. The number of nitrogens with two attached hydrogens (primary N) is 1. The van der Waals surface area contributed by atoms with E-state index in [1.54, 1.807) is 6.20 Å². The van der Waals surface area contributed by atoms with Crippen LogP contribution < -0.4 is 5.73 Å². The number of benzene rings is 1. The van der Waals surface area contributed by atoms with Crippen LogP contribution in [0.3, 0.4) is 0 Å². The minimum absolute atomic E-state index is 0.488. The highest BCUT2D eigenvalue weighted by molar-refractivity contribution is 6.02. The Morgan fingerprint density at radius 3 is 2.76 bits per heavy atom. The molecule has 2 heterocycles. The topological polar surface area (TPSA) is 56.2 Å². The predicted octanol–water partition coefficient (Wildman–Crippen LogP) is 3.23. The monoisotopic (exact) mass is 278 g/mol. The molecule has 0 bridgehead atoms. The number of aryl methyl sites for hydroxylation is 3. The van der Waals surface area contributed by atoms with E-state index >= 15 is 0 Å². The van der Waals surface area contributed by atoms with Crippen LogP contribution in [-0.4, -0.2) is 15.4 Å². The lowest BCUT2D eigenvalue weighted by molar-refractivity contribution is 0.964.